The van der Waals surface area contributed by atoms with Crippen LogP contribution >= 0.6 is 23.2 Å². The highest BCUT2D eigenvalue weighted by atomic mass is 35.5. The van der Waals surface area contributed by atoms with E-state index in [1.807, 2.05) is 0 Å². The molecule has 4 atom stereocenters. The van der Waals surface area contributed by atoms with Crippen molar-refractivity contribution in [2.75, 3.05) is 6.54 Å². The van der Waals surface area contributed by atoms with Crippen LogP contribution in [0, 0.1) is 5.92 Å². The number of hydrogen-bond donors (Lipinski definition) is 3. The van der Waals surface area contributed by atoms with Gasteiger partial charge in [-0.3, -0.25) is 19.1 Å². The number of H-pyrrole nitrogens is 1. The number of nitrogens with one attached hydrogen (secondary N) is 2. The molecule has 3 rings (SSSR count). The van der Waals surface area contributed by atoms with Gasteiger partial charge in [0.05, 0.1) is 6.10 Å². The molecule has 1 unspecified atom stereocenters. The molecule has 1 aromatic heterocycles. The fourth-order valence-electron chi connectivity index (χ4n) is 3.55. The molecule has 8 nitrogen and oxygen atoms in total. The third-order valence-corrected chi connectivity index (χ3v) is 5.99. The van der Waals surface area contributed by atoms with Gasteiger partial charge in [0, 0.05) is 40.7 Å². The van der Waals surface area contributed by atoms with E-state index < -0.39 is 29.7 Å². The van der Waals surface area contributed by atoms with Crippen LogP contribution in [0.2, 0.25) is 10.0 Å². The normalized spacial score (nSPS) is 21.8. The van der Waals surface area contributed by atoms with E-state index in [2.05, 4.69) is 10.3 Å². The van der Waals surface area contributed by atoms with E-state index in [0.29, 0.717) is 28.5 Å². The molecular weight excluding hydrogens is 445 g/mol. The molecule has 0 aliphatic carbocycles. The number of amides is 1. The molecule has 0 bridgehead atoms. The molecule has 1 fully saturated rings. The standard InChI is InChI=1S/C21H25Cl2N3O5/c1-3-12-10-26(21(30)25-20(12)29)18-8-16(27)17(31-18)9-24-19(28)11(2)6-13-4-5-14(22)7-15(13)23/h4-5,7,10-11,16-18,27H,3,6,8-9H2,1-2H3,(H,24,28)(H,25,29,30)/t11?,16-,17+,18+/m0/s1. The summed E-state index contributed by atoms with van der Waals surface area (Å²) >= 11 is 12.1. The van der Waals surface area contributed by atoms with Crippen LogP contribution in [0.25, 0.3) is 0 Å². The highest BCUT2D eigenvalue weighted by molar-refractivity contribution is 6.35. The van der Waals surface area contributed by atoms with Crippen molar-refractivity contribution in [2.45, 2.75) is 51.5 Å². The number of aliphatic hydroxyl groups excluding tert-OH is 1. The van der Waals surface area contributed by atoms with Crippen LogP contribution in [0.15, 0.2) is 34.0 Å². The van der Waals surface area contributed by atoms with Gasteiger partial charge in [0.15, 0.2) is 0 Å². The molecule has 1 aliphatic heterocycles. The average molecular weight is 470 g/mol. The Morgan fingerprint density at radius 2 is 2.10 bits per heavy atom. The lowest BCUT2D eigenvalue weighted by molar-refractivity contribution is -0.125. The fraction of sp³-hybridized carbons (Fsp3) is 0.476. The van der Waals surface area contributed by atoms with Crippen molar-refractivity contribution >= 4 is 29.1 Å². The summed E-state index contributed by atoms with van der Waals surface area (Å²) < 4.78 is 7.08. The smallest absolute Gasteiger partial charge is 0.330 e. The zero-order chi connectivity index (χ0) is 22.7. The van der Waals surface area contributed by atoms with E-state index in [4.69, 9.17) is 27.9 Å². The Morgan fingerprint density at radius 1 is 1.35 bits per heavy atom. The molecule has 10 heteroatoms. The minimum Gasteiger partial charge on any atom is -0.390 e. The van der Waals surface area contributed by atoms with Crippen LogP contribution in [0.5, 0.6) is 0 Å². The third kappa shape index (κ3) is 5.57. The Labute approximate surface area is 189 Å². The maximum atomic E-state index is 12.5. The number of rotatable bonds is 7. The van der Waals surface area contributed by atoms with Gasteiger partial charge in [-0.05, 0) is 30.5 Å². The number of carbonyl (C=O) groups is 1. The van der Waals surface area contributed by atoms with E-state index in [1.165, 1.54) is 10.8 Å². The first-order valence-corrected chi connectivity index (χ1v) is 10.8. The molecule has 31 heavy (non-hydrogen) atoms. The van der Waals surface area contributed by atoms with Gasteiger partial charge in [-0.15, -0.1) is 0 Å². The van der Waals surface area contributed by atoms with Crippen molar-refractivity contribution in [3.05, 3.63) is 66.4 Å². The molecule has 0 saturated carbocycles. The van der Waals surface area contributed by atoms with Gasteiger partial charge in [0.1, 0.15) is 12.3 Å². The largest absolute Gasteiger partial charge is 0.390 e. The van der Waals surface area contributed by atoms with Gasteiger partial charge in [0.2, 0.25) is 5.91 Å². The van der Waals surface area contributed by atoms with Crippen molar-refractivity contribution in [2.24, 2.45) is 5.92 Å². The number of benzene rings is 1. The van der Waals surface area contributed by atoms with E-state index in [0.717, 1.165) is 5.56 Å². The lowest BCUT2D eigenvalue weighted by Crippen LogP contribution is -2.40. The summed E-state index contributed by atoms with van der Waals surface area (Å²) in [5, 5.41) is 14.2. The second kappa shape index (κ2) is 9.99. The Hall–Kier alpha value is -2.13. The van der Waals surface area contributed by atoms with Crippen molar-refractivity contribution in [1.29, 1.82) is 0 Å². The van der Waals surface area contributed by atoms with E-state index >= 15 is 0 Å². The Bertz CT molecular complexity index is 1070. The Morgan fingerprint density at radius 3 is 2.77 bits per heavy atom. The minimum atomic E-state index is -0.866. The molecule has 3 N–H and O–H groups in total. The third-order valence-electron chi connectivity index (χ3n) is 5.40. The highest BCUT2D eigenvalue weighted by Gasteiger charge is 2.36. The average Bonchev–Trinajstić information content (AvgIpc) is 3.08. The number of ether oxygens (including phenoxy) is 1. The summed E-state index contributed by atoms with van der Waals surface area (Å²) in [6.45, 7) is 3.68. The van der Waals surface area contributed by atoms with Crippen molar-refractivity contribution in [3.8, 4) is 0 Å². The van der Waals surface area contributed by atoms with Gasteiger partial charge in [-0.1, -0.05) is 43.1 Å². The number of halogens is 2. The van der Waals surface area contributed by atoms with Crippen molar-refractivity contribution < 1.29 is 14.6 Å². The van der Waals surface area contributed by atoms with E-state index in [1.54, 1.807) is 32.0 Å². The fourth-order valence-corrected chi connectivity index (χ4v) is 4.03. The topological polar surface area (TPSA) is 113 Å². The zero-order valence-corrected chi connectivity index (χ0v) is 18.7. The molecule has 1 aromatic carbocycles. The summed E-state index contributed by atoms with van der Waals surface area (Å²) in [4.78, 5) is 38.7. The SMILES string of the molecule is CCc1cn([C@H]2C[C@H](O)[C@@H](CNC(=O)C(C)Cc3ccc(Cl)cc3Cl)O2)c(=O)[nH]c1=O. The van der Waals surface area contributed by atoms with Crippen LogP contribution in [-0.4, -0.2) is 39.3 Å². The number of aromatic amines is 1. The van der Waals surface area contributed by atoms with Crippen LogP contribution in [0.4, 0.5) is 0 Å². The van der Waals surface area contributed by atoms with Gasteiger partial charge < -0.3 is 15.2 Å². The molecular formula is C21H25Cl2N3O5. The van der Waals surface area contributed by atoms with E-state index in [9.17, 15) is 19.5 Å². The number of aryl methyl sites for hydroxylation is 1. The van der Waals surface area contributed by atoms with Gasteiger partial charge >= 0.3 is 5.69 Å². The number of aromatic nitrogens is 2. The summed E-state index contributed by atoms with van der Waals surface area (Å²) in [7, 11) is 0. The lowest BCUT2D eigenvalue weighted by atomic mass is 10.00. The lowest BCUT2D eigenvalue weighted by Gasteiger charge is -2.19. The summed E-state index contributed by atoms with van der Waals surface area (Å²) in [5.41, 5.74) is 0.234. The van der Waals surface area contributed by atoms with Crippen LogP contribution in [-0.2, 0) is 22.4 Å². The van der Waals surface area contributed by atoms with Gasteiger partial charge in [-0.25, -0.2) is 4.79 Å². The maximum Gasteiger partial charge on any atom is 0.330 e. The van der Waals surface area contributed by atoms with Crippen LogP contribution in [0.1, 0.15) is 37.6 Å². The Balaban J connectivity index is 1.59. The second-order valence-electron chi connectivity index (χ2n) is 7.69. The number of carbonyl (C=O) groups excluding carboxylic acids is 1. The predicted octanol–water partition coefficient (Wildman–Crippen LogP) is 2.05. The maximum absolute atomic E-state index is 12.5. The highest BCUT2D eigenvalue weighted by Crippen LogP contribution is 2.27. The number of nitrogens with zero attached hydrogens (tertiary/aromatic N) is 1. The predicted molar refractivity (Wildman–Crippen MR) is 118 cm³/mol. The first-order valence-electron chi connectivity index (χ1n) is 10.1. The Kier molecular flexibility index (Phi) is 7.59. The molecule has 0 spiro atoms. The molecule has 1 aliphatic rings. The molecule has 1 amide bonds. The molecule has 1 saturated heterocycles. The van der Waals surface area contributed by atoms with Crippen molar-refractivity contribution in [1.82, 2.24) is 14.9 Å². The summed E-state index contributed by atoms with van der Waals surface area (Å²) in [5.74, 6) is -0.568. The van der Waals surface area contributed by atoms with E-state index in [-0.39, 0.29) is 24.8 Å². The number of aliphatic hydroxyl groups is 1. The van der Waals surface area contributed by atoms with Crippen molar-refractivity contribution in [3.63, 3.8) is 0 Å². The minimum absolute atomic E-state index is 0.0912. The molecule has 168 valence electrons. The summed E-state index contributed by atoms with van der Waals surface area (Å²) in [6.07, 6.45) is 0.254. The quantitative estimate of drug-likeness (QED) is 0.574. The summed E-state index contributed by atoms with van der Waals surface area (Å²) in [6, 6.07) is 5.14. The molecule has 2 aromatic rings. The number of hydrogen-bond acceptors (Lipinski definition) is 5. The first-order chi connectivity index (χ1) is 14.7. The van der Waals surface area contributed by atoms with Gasteiger partial charge in [0.25, 0.3) is 5.56 Å². The van der Waals surface area contributed by atoms with Gasteiger partial charge in [-0.2, -0.15) is 0 Å². The zero-order valence-electron chi connectivity index (χ0n) is 17.2. The molecule has 2 heterocycles. The monoisotopic (exact) mass is 469 g/mol. The molecule has 0 radical (unpaired) electrons. The second-order valence-corrected chi connectivity index (χ2v) is 8.54. The van der Waals surface area contributed by atoms with Crippen LogP contribution < -0.4 is 16.6 Å². The van der Waals surface area contributed by atoms with Crippen LogP contribution in [0.3, 0.4) is 0 Å². The first kappa shape index (κ1) is 23.5.